The molecule has 0 radical (unpaired) electrons. The molecule has 3 nitrogen and oxygen atoms in total. The van der Waals surface area contributed by atoms with Gasteiger partial charge in [0.1, 0.15) is 0 Å². The molecule has 1 aromatic heterocycles. The summed E-state index contributed by atoms with van der Waals surface area (Å²) in [4.78, 5) is 16.2. The van der Waals surface area contributed by atoms with E-state index in [-0.39, 0.29) is 5.91 Å². The summed E-state index contributed by atoms with van der Waals surface area (Å²) < 4.78 is 0. The van der Waals surface area contributed by atoms with Crippen molar-refractivity contribution in [1.82, 2.24) is 4.98 Å². The fourth-order valence-corrected chi connectivity index (χ4v) is 4.15. The maximum atomic E-state index is 11.9. The Morgan fingerprint density at radius 3 is 3.00 bits per heavy atom. The predicted molar refractivity (Wildman–Crippen MR) is 69.0 cm³/mol. The average molecular weight is 250 g/mol. The van der Waals surface area contributed by atoms with Crippen LogP contribution in [0.15, 0.2) is 5.38 Å². The first kappa shape index (κ1) is 11.2. The molecule has 2 fully saturated rings. The number of carbonyl (C=O) groups is 1. The number of nitrogens with zero attached hydrogens (tertiary/aromatic N) is 1. The van der Waals surface area contributed by atoms with E-state index in [9.17, 15) is 4.79 Å². The fraction of sp³-hybridized carbons (Fsp3) is 0.692. The van der Waals surface area contributed by atoms with Gasteiger partial charge < -0.3 is 5.32 Å². The van der Waals surface area contributed by atoms with Gasteiger partial charge in [-0.1, -0.05) is 6.42 Å². The summed E-state index contributed by atoms with van der Waals surface area (Å²) >= 11 is 1.51. The molecule has 1 heterocycles. The largest absolute Gasteiger partial charge is 0.302 e. The smallest absolute Gasteiger partial charge is 0.226 e. The van der Waals surface area contributed by atoms with Crippen molar-refractivity contribution in [2.24, 2.45) is 17.8 Å². The van der Waals surface area contributed by atoms with E-state index in [0.717, 1.165) is 22.7 Å². The van der Waals surface area contributed by atoms with Crippen molar-refractivity contribution in [3.05, 3.63) is 11.1 Å². The summed E-state index contributed by atoms with van der Waals surface area (Å²) in [5.41, 5.74) is 0.977. The molecule has 4 heteroatoms. The Labute approximate surface area is 106 Å². The Balaban J connectivity index is 1.54. The van der Waals surface area contributed by atoms with E-state index < -0.39 is 0 Å². The van der Waals surface area contributed by atoms with E-state index in [2.05, 4.69) is 10.3 Å². The molecule has 0 spiro atoms. The fourth-order valence-electron chi connectivity index (χ4n) is 3.45. The van der Waals surface area contributed by atoms with Crippen LogP contribution in [0.5, 0.6) is 0 Å². The van der Waals surface area contributed by atoms with Crippen molar-refractivity contribution in [3.63, 3.8) is 0 Å². The van der Waals surface area contributed by atoms with Gasteiger partial charge in [0.15, 0.2) is 5.13 Å². The molecule has 92 valence electrons. The molecule has 3 rings (SSSR count). The minimum atomic E-state index is 0.150. The van der Waals surface area contributed by atoms with Crippen molar-refractivity contribution < 1.29 is 4.79 Å². The molecule has 1 N–H and O–H groups in total. The van der Waals surface area contributed by atoms with Crippen LogP contribution in [0.4, 0.5) is 5.13 Å². The highest BCUT2D eigenvalue weighted by molar-refractivity contribution is 7.13. The zero-order valence-corrected chi connectivity index (χ0v) is 10.9. The van der Waals surface area contributed by atoms with Crippen LogP contribution < -0.4 is 5.32 Å². The van der Waals surface area contributed by atoms with E-state index in [1.54, 1.807) is 0 Å². The monoisotopic (exact) mass is 250 g/mol. The van der Waals surface area contributed by atoms with Gasteiger partial charge in [-0.3, -0.25) is 4.79 Å². The molecule has 0 aliphatic heterocycles. The van der Waals surface area contributed by atoms with Gasteiger partial charge in [-0.25, -0.2) is 4.98 Å². The lowest BCUT2D eigenvalue weighted by Gasteiger charge is -2.20. The first-order valence-electron chi connectivity index (χ1n) is 6.42. The second-order valence-electron chi connectivity index (χ2n) is 5.48. The number of carbonyl (C=O) groups excluding carboxylic acids is 1. The topological polar surface area (TPSA) is 42.0 Å². The third-order valence-corrected chi connectivity index (χ3v) is 5.07. The summed E-state index contributed by atoms with van der Waals surface area (Å²) in [6.45, 7) is 1.95. The van der Waals surface area contributed by atoms with Crippen LogP contribution in [0, 0.1) is 24.7 Å². The number of thiazole rings is 1. The lowest BCUT2D eigenvalue weighted by molar-refractivity contribution is -0.117. The third-order valence-electron chi connectivity index (χ3n) is 4.20. The SMILES string of the molecule is Cc1csc(NC(=O)C[C@H]2C[C@H]3CC[C@H]2C3)n1. The Kier molecular flexibility index (Phi) is 2.90. The number of aromatic nitrogens is 1. The van der Waals surface area contributed by atoms with Crippen LogP contribution in [0.25, 0.3) is 0 Å². The van der Waals surface area contributed by atoms with Crippen LogP contribution in [0.1, 0.15) is 37.8 Å². The number of rotatable bonds is 3. The van der Waals surface area contributed by atoms with E-state index in [0.29, 0.717) is 12.3 Å². The molecule has 1 amide bonds. The average Bonchev–Trinajstić information content (AvgIpc) is 2.95. The first-order chi connectivity index (χ1) is 8.20. The number of fused-ring (bicyclic) bond motifs is 2. The second-order valence-corrected chi connectivity index (χ2v) is 6.34. The van der Waals surface area contributed by atoms with Crippen LogP contribution >= 0.6 is 11.3 Å². The lowest BCUT2D eigenvalue weighted by atomic mass is 9.86. The normalized spacial score (nSPS) is 30.8. The van der Waals surface area contributed by atoms with Crippen molar-refractivity contribution in [2.45, 2.75) is 39.0 Å². The molecule has 2 saturated carbocycles. The molecule has 2 aliphatic rings. The quantitative estimate of drug-likeness (QED) is 0.895. The lowest BCUT2D eigenvalue weighted by Crippen LogP contribution is -2.20. The summed E-state index contributed by atoms with van der Waals surface area (Å²) in [6.07, 6.45) is 6.08. The summed E-state index contributed by atoms with van der Waals surface area (Å²) in [5, 5.41) is 5.63. The van der Waals surface area contributed by atoms with E-state index in [4.69, 9.17) is 0 Å². The Bertz CT molecular complexity index is 429. The highest BCUT2D eigenvalue weighted by atomic mass is 32.1. The number of aryl methyl sites for hydroxylation is 1. The van der Waals surface area contributed by atoms with Crippen molar-refractivity contribution in [1.29, 1.82) is 0 Å². The number of hydrogen-bond acceptors (Lipinski definition) is 3. The highest BCUT2D eigenvalue weighted by Gasteiger charge is 2.40. The third kappa shape index (κ3) is 2.37. The minimum absolute atomic E-state index is 0.150. The van der Waals surface area contributed by atoms with E-state index >= 15 is 0 Å². The van der Waals surface area contributed by atoms with Gasteiger partial charge in [-0.15, -0.1) is 11.3 Å². The van der Waals surface area contributed by atoms with E-state index in [1.807, 2.05) is 12.3 Å². The predicted octanol–water partition coefficient (Wildman–Crippen LogP) is 3.22. The number of amides is 1. The van der Waals surface area contributed by atoms with Gasteiger partial charge in [0, 0.05) is 11.8 Å². The summed E-state index contributed by atoms with van der Waals surface area (Å²) in [6, 6.07) is 0. The molecule has 17 heavy (non-hydrogen) atoms. The zero-order valence-electron chi connectivity index (χ0n) is 10.1. The molecule has 2 bridgehead atoms. The van der Waals surface area contributed by atoms with Gasteiger partial charge >= 0.3 is 0 Å². The van der Waals surface area contributed by atoms with Crippen LogP contribution in [-0.4, -0.2) is 10.9 Å². The minimum Gasteiger partial charge on any atom is -0.302 e. The van der Waals surface area contributed by atoms with Gasteiger partial charge in [-0.2, -0.15) is 0 Å². The maximum absolute atomic E-state index is 11.9. The van der Waals surface area contributed by atoms with E-state index in [1.165, 1.54) is 37.0 Å². The second kappa shape index (κ2) is 4.41. The van der Waals surface area contributed by atoms with Crippen LogP contribution in [0.2, 0.25) is 0 Å². The Morgan fingerprint density at radius 1 is 1.53 bits per heavy atom. The number of anilines is 1. The standard InChI is InChI=1S/C13H18N2OS/c1-8-7-17-13(14-8)15-12(16)6-11-5-9-2-3-10(11)4-9/h7,9-11H,2-6H2,1H3,(H,14,15,16)/t9-,10-,11+/m0/s1. The molecule has 1 aromatic rings. The molecule has 3 atom stereocenters. The first-order valence-corrected chi connectivity index (χ1v) is 7.30. The van der Waals surface area contributed by atoms with Gasteiger partial charge in [0.2, 0.25) is 5.91 Å². The highest BCUT2D eigenvalue weighted by Crippen LogP contribution is 2.49. The number of hydrogen-bond donors (Lipinski definition) is 1. The van der Waals surface area contributed by atoms with Crippen molar-refractivity contribution >= 4 is 22.4 Å². The molecule has 0 aromatic carbocycles. The Morgan fingerprint density at radius 2 is 2.41 bits per heavy atom. The molecular weight excluding hydrogens is 232 g/mol. The van der Waals surface area contributed by atoms with Crippen molar-refractivity contribution in [2.75, 3.05) is 5.32 Å². The molecule has 2 aliphatic carbocycles. The molecular formula is C13H18N2OS. The van der Waals surface area contributed by atoms with Gasteiger partial charge in [0.05, 0.1) is 5.69 Å². The molecule has 0 unspecified atom stereocenters. The Hall–Kier alpha value is -0.900. The maximum Gasteiger partial charge on any atom is 0.226 e. The van der Waals surface area contributed by atoms with Crippen molar-refractivity contribution in [3.8, 4) is 0 Å². The molecule has 0 saturated heterocycles. The number of nitrogens with one attached hydrogen (secondary N) is 1. The van der Waals surface area contributed by atoms with Gasteiger partial charge in [-0.05, 0) is 43.9 Å². The zero-order chi connectivity index (χ0) is 11.8. The summed E-state index contributed by atoms with van der Waals surface area (Å²) in [5.74, 6) is 2.52. The van der Waals surface area contributed by atoms with Crippen LogP contribution in [-0.2, 0) is 4.79 Å². The van der Waals surface area contributed by atoms with Gasteiger partial charge in [0.25, 0.3) is 0 Å². The summed E-state index contributed by atoms with van der Waals surface area (Å²) in [7, 11) is 0. The van der Waals surface area contributed by atoms with Crippen LogP contribution in [0.3, 0.4) is 0 Å².